The van der Waals surface area contributed by atoms with Crippen molar-refractivity contribution >= 4 is 5.97 Å². The first-order valence-corrected chi connectivity index (χ1v) is 5.04. The molecule has 1 atom stereocenters. The van der Waals surface area contributed by atoms with Crippen LogP contribution in [0.2, 0.25) is 0 Å². The van der Waals surface area contributed by atoms with Crippen molar-refractivity contribution in [1.82, 2.24) is 14.7 Å². The van der Waals surface area contributed by atoms with Crippen molar-refractivity contribution in [3.8, 4) is 0 Å². The van der Waals surface area contributed by atoms with E-state index < -0.39 is 5.97 Å². The number of hydrogen-bond acceptors (Lipinski definition) is 3. The third-order valence-corrected chi connectivity index (χ3v) is 3.01. The summed E-state index contributed by atoms with van der Waals surface area (Å²) in [5.74, 6) is -0.879. The van der Waals surface area contributed by atoms with Crippen molar-refractivity contribution in [1.29, 1.82) is 0 Å². The summed E-state index contributed by atoms with van der Waals surface area (Å²) < 4.78 is 1.81. The highest BCUT2D eigenvalue weighted by Gasteiger charge is 2.25. The zero-order valence-corrected chi connectivity index (χ0v) is 8.97. The molecule has 1 aromatic rings. The molecule has 0 spiro atoms. The molecule has 0 radical (unpaired) electrons. The average Bonchev–Trinajstić information content (AvgIpc) is 2.59. The lowest BCUT2D eigenvalue weighted by atomic mass is 10.0. The van der Waals surface area contributed by atoms with Crippen molar-refractivity contribution in [2.75, 3.05) is 14.1 Å². The molecule has 0 fully saturated rings. The van der Waals surface area contributed by atoms with Crippen LogP contribution in [0.3, 0.4) is 0 Å². The summed E-state index contributed by atoms with van der Waals surface area (Å²) in [5.41, 5.74) is 1.20. The number of carboxylic acid groups (broad SMARTS) is 1. The molecule has 1 aliphatic rings. The fourth-order valence-corrected chi connectivity index (χ4v) is 2.03. The van der Waals surface area contributed by atoms with E-state index >= 15 is 0 Å². The van der Waals surface area contributed by atoms with Gasteiger partial charge in [-0.1, -0.05) is 0 Å². The predicted octanol–water partition coefficient (Wildman–Crippen LogP) is 0.458. The average molecular weight is 209 g/mol. The van der Waals surface area contributed by atoms with Crippen LogP contribution < -0.4 is 0 Å². The lowest BCUT2D eigenvalue weighted by Crippen LogP contribution is -2.36. The SMILES string of the molecule is CN(C)C1CCn2ncc(C(=O)O)c2C1. The smallest absolute Gasteiger partial charge is 0.339 e. The van der Waals surface area contributed by atoms with Crippen LogP contribution in [0, 0.1) is 0 Å². The normalized spacial score (nSPS) is 20.3. The third kappa shape index (κ3) is 1.74. The fourth-order valence-electron chi connectivity index (χ4n) is 2.03. The summed E-state index contributed by atoms with van der Waals surface area (Å²) >= 11 is 0. The van der Waals surface area contributed by atoms with Crippen LogP contribution in [0.5, 0.6) is 0 Å². The molecule has 5 nitrogen and oxygen atoms in total. The third-order valence-electron chi connectivity index (χ3n) is 3.01. The zero-order chi connectivity index (χ0) is 11.0. The maximum atomic E-state index is 10.9. The Labute approximate surface area is 88.3 Å². The number of fused-ring (bicyclic) bond motifs is 1. The van der Waals surface area contributed by atoms with Crippen molar-refractivity contribution in [3.05, 3.63) is 17.5 Å². The number of likely N-dealkylation sites (N-methyl/N-ethyl adjacent to an activating group) is 1. The monoisotopic (exact) mass is 209 g/mol. The van der Waals surface area contributed by atoms with Gasteiger partial charge in [0.15, 0.2) is 0 Å². The van der Waals surface area contributed by atoms with E-state index in [0.717, 1.165) is 25.1 Å². The Morgan fingerprint density at radius 2 is 2.40 bits per heavy atom. The van der Waals surface area contributed by atoms with Gasteiger partial charge in [-0.25, -0.2) is 4.79 Å². The first-order chi connectivity index (χ1) is 7.09. The molecule has 0 saturated heterocycles. The molecule has 82 valence electrons. The van der Waals surface area contributed by atoms with Gasteiger partial charge in [0.05, 0.1) is 11.9 Å². The van der Waals surface area contributed by atoms with Gasteiger partial charge in [0, 0.05) is 19.0 Å². The van der Waals surface area contributed by atoms with E-state index in [-0.39, 0.29) is 0 Å². The maximum absolute atomic E-state index is 10.9. The van der Waals surface area contributed by atoms with Gasteiger partial charge < -0.3 is 10.0 Å². The molecule has 2 rings (SSSR count). The van der Waals surface area contributed by atoms with Crippen molar-refractivity contribution in [2.24, 2.45) is 0 Å². The van der Waals surface area contributed by atoms with E-state index in [2.05, 4.69) is 10.00 Å². The molecule has 5 heteroatoms. The molecule has 2 heterocycles. The second kappa shape index (κ2) is 3.66. The van der Waals surface area contributed by atoms with Gasteiger partial charge in [-0.3, -0.25) is 4.68 Å². The van der Waals surface area contributed by atoms with Gasteiger partial charge in [-0.2, -0.15) is 5.10 Å². The number of nitrogens with zero attached hydrogens (tertiary/aromatic N) is 3. The quantitative estimate of drug-likeness (QED) is 0.768. The summed E-state index contributed by atoms with van der Waals surface area (Å²) in [4.78, 5) is 13.1. The molecule has 1 N–H and O–H groups in total. The van der Waals surface area contributed by atoms with Crippen LogP contribution in [0.25, 0.3) is 0 Å². The van der Waals surface area contributed by atoms with E-state index in [4.69, 9.17) is 5.11 Å². The largest absolute Gasteiger partial charge is 0.478 e. The van der Waals surface area contributed by atoms with E-state index in [0.29, 0.717) is 11.6 Å². The zero-order valence-electron chi connectivity index (χ0n) is 8.97. The molecule has 1 aliphatic heterocycles. The second-order valence-corrected chi connectivity index (χ2v) is 4.14. The van der Waals surface area contributed by atoms with Crippen LogP contribution in [0.1, 0.15) is 22.5 Å². The van der Waals surface area contributed by atoms with Gasteiger partial charge in [0.2, 0.25) is 0 Å². The summed E-state index contributed by atoms with van der Waals surface area (Å²) in [7, 11) is 4.05. The maximum Gasteiger partial charge on any atom is 0.339 e. The molecule has 0 aliphatic carbocycles. The van der Waals surface area contributed by atoms with Gasteiger partial charge in [0.25, 0.3) is 0 Å². The van der Waals surface area contributed by atoms with Crippen LogP contribution in [0.4, 0.5) is 0 Å². The summed E-state index contributed by atoms with van der Waals surface area (Å²) in [6.07, 6.45) is 3.26. The first kappa shape index (κ1) is 10.2. The minimum absolute atomic E-state index is 0.349. The minimum Gasteiger partial charge on any atom is -0.478 e. The lowest BCUT2D eigenvalue weighted by molar-refractivity contribution is 0.0694. The van der Waals surface area contributed by atoms with Gasteiger partial charge in [0.1, 0.15) is 5.56 Å². The summed E-state index contributed by atoms with van der Waals surface area (Å²) in [6.45, 7) is 0.811. The van der Waals surface area contributed by atoms with Crippen LogP contribution in [-0.4, -0.2) is 45.9 Å². The van der Waals surface area contributed by atoms with Gasteiger partial charge in [-0.05, 0) is 20.5 Å². The number of hydrogen-bond donors (Lipinski definition) is 1. The number of rotatable bonds is 2. The Balaban J connectivity index is 2.30. The van der Waals surface area contributed by atoms with Gasteiger partial charge >= 0.3 is 5.97 Å². The second-order valence-electron chi connectivity index (χ2n) is 4.14. The molecule has 1 unspecified atom stereocenters. The number of aryl methyl sites for hydroxylation is 1. The highest BCUT2D eigenvalue weighted by molar-refractivity contribution is 5.88. The predicted molar refractivity (Wildman–Crippen MR) is 55.0 cm³/mol. The molecule has 1 aromatic heterocycles. The minimum atomic E-state index is -0.879. The van der Waals surface area contributed by atoms with E-state index in [9.17, 15) is 4.79 Å². The summed E-state index contributed by atoms with van der Waals surface area (Å²) in [5, 5.41) is 13.1. The van der Waals surface area contributed by atoms with Crippen molar-refractivity contribution in [2.45, 2.75) is 25.4 Å². The van der Waals surface area contributed by atoms with Crippen LogP contribution >= 0.6 is 0 Å². The summed E-state index contributed by atoms with van der Waals surface area (Å²) in [6, 6.07) is 0.423. The van der Waals surface area contributed by atoms with Crippen molar-refractivity contribution < 1.29 is 9.90 Å². The van der Waals surface area contributed by atoms with Crippen LogP contribution in [0.15, 0.2) is 6.20 Å². The fraction of sp³-hybridized carbons (Fsp3) is 0.600. The van der Waals surface area contributed by atoms with E-state index in [1.165, 1.54) is 6.20 Å². The number of carboxylic acids is 1. The Bertz CT molecular complexity index is 384. The molecular formula is C10H15N3O2. The Kier molecular flexibility index (Phi) is 2.48. The lowest BCUT2D eigenvalue weighted by Gasteiger charge is -2.29. The number of aromatic carboxylic acids is 1. The number of aromatic nitrogens is 2. The molecule has 0 saturated carbocycles. The molecular weight excluding hydrogens is 194 g/mol. The molecule has 0 amide bonds. The van der Waals surface area contributed by atoms with E-state index in [1.54, 1.807) is 0 Å². The molecule has 0 bridgehead atoms. The number of carbonyl (C=O) groups is 1. The Morgan fingerprint density at radius 1 is 1.67 bits per heavy atom. The Hall–Kier alpha value is -1.36. The highest BCUT2D eigenvalue weighted by Crippen LogP contribution is 2.20. The molecule has 15 heavy (non-hydrogen) atoms. The topological polar surface area (TPSA) is 58.4 Å². The standard InChI is InChI=1S/C10H15N3O2/c1-12(2)7-3-4-13-9(5-7)8(6-11-13)10(14)15/h6-7H,3-5H2,1-2H3,(H,14,15). The van der Waals surface area contributed by atoms with Crippen molar-refractivity contribution in [3.63, 3.8) is 0 Å². The highest BCUT2D eigenvalue weighted by atomic mass is 16.4. The first-order valence-electron chi connectivity index (χ1n) is 5.04. The Morgan fingerprint density at radius 3 is 3.00 bits per heavy atom. The molecule has 0 aromatic carbocycles. The van der Waals surface area contributed by atoms with Gasteiger partial charge in [-0.15, -0.1) is 0 Å². The van der Waals surface area contributed by atoms with E-state index in [1.807, 2.05) is 18.8 Å². The van der Waals surface area contributed by atoms with Crippen LogP contribution in [-0.2, 0) is 13.0 Å².